The Kier molecular flexibility index (Phi) is 5.48. The maximum Gasteiger partial charge on any atom is 0.251 e. The van der Waals surface area contributed by atoms with Gasteiger partial charge in [-0.05, 0) is 42.7 Å². The first-order valence-electron chi connectivity index (χ1n) is 10.1. The van der Waals surface area contributed by atoms with Crippen LogP contribution in [0.2, 0.25) is 0 Å². The van der Waals surface area contributed by atoms with Gasteiger partial charge in [0.05, 0.1) is 5.52 Å². The van der Waals surface area contributed by atoms with Gasteiger partial charge in [0.2, 0.25) is 5.91 Å². The minimum Gasteiger partial charge on any atom is -0.326 e. The largest absolute Gasteiger partial charge is 0.326 e. The minimum atomic E-state index is -0.100. The summed E-state index contributed by atoms with van der Waals surface area (Å²) in [6, 6.07) is 25.8. The van der Waals surface area contributed by atoms with Crippen LogP contribution in [0.3, 0.4) is 0 Å². The lowest BCUT2D eigenvalue weighted by Crippen LogP contribution is -2.17. The summed E-state index contributed by atoms with van der Waals surface area (Å²) < 4.78 is 0. The van der Waals surface area contributed by atoms with Crippen molar-refractivity contribution in [3.05, 3.63) is 111 Å². The van der Waals surface area contributed by atoms with E-state index >= 15 is 0 Å². The molecular formula is C26H24N2O2. The van der Waals surface area contributed by atoms with E-state index in [-0.39, 0.29) is 17.4 Å². The van der Waals surface area contributed by atoms with Crippen molar-refractivity contribution in [1.29, 1.82) is 0 Å². The summed E-state index contributed by atoms with van der Waals surface area (Å²) in [6.45, 7) is 3.76. The number of amides is 1. The first-order valence-corrected chi connectivity index (χ1v) is 10.1. The summed E-state index contributed by atoms with van der Waals surface area (Å²) in [5.41, 5.74) is 5.18. The first kappa shape index (κ1) is 19.6. The van der Waals surface area contributed by atoms with Crippen molar-refractivity contribution in [1.82, 2.24) is 4.98 Å². The molecule has 0 saturated heterocycles. The highest BCUT2D eigenvalue weighted by Crippen LogP contribution is 2.29. The molecule has 2 N–H and O–H groups in total. The summed E-state index contributed by atoms with van der Waals surface area (Å²) in [5, 5.41) is 3.98. The molecule has 0 bridgehead atoms. The number of aryl methyl sites for hydroxylation is 1. The van der Waals surface area contributed by atoms with Crippen LogP contribution in [0.25, 0.3) is 10.9 Å². The Balaban J connectivity index is 1.59. The minimum absolute atomic E-state index is 0.0300. The van der Waals surface area contributed by atoms with Gasteiger partial charge in [0.15, 0.2) is 0 Å². The zero-order valence-corrected chi connectivity index (χ0v) is 17.1. The van der Waals surface area contributed by atoms with Crippen LogP contribution < -0.4 is 10.9 Å². The molecule has 0 aliphatic rings. The normalized spacial score (nSPS) is 11.0. The third kappa shape index (κ3) is 4.03. The van der Waals surface area contributed by atoms with E-state index in [2.05, 4.69) is 34.6 Å². The number of rotatable bonds is 5. The maximum atomic E-state index is 12.9. The number of hydrogen-bond acceptors (Lipinski definition) is 2. The van der Waals surface area contributed by atoms with Crippen molar-refractivity contribution < 1.29 is 4.79 Å². The lowest BCUT2D eigenvalue weighted by molar-refractivity contribution is -0.116. The molecule has 1 aromatic heterocycles. The molecule has 1 amide bonds. The molecule has 150 valence electrons. The number of pyridine rings is 1. The van der Waals surface area contributed by atoms with Gasteiger partial charge in [-0.2, -0.15) is 0 Å². The Morgan fingerprint density at radius 3 is 2.07 bits per heavy atom. The number of H-pyrrole nitrogens is 1. The van der Waals surface area contributed by atoms with E-state index in [1.807, 2.05) is 68.4 Å². The van der Waals surface area contributed by atoms with Crippen LogP contribution in [-0.4, -0.2) is 10.9 Å². The second-order valence-corrected chi connectivity index (χ2v) is 7.59. The lowest BCUT2D eigenvalue weighted by atomic mass is 9.88. The number of aromatic nitrogens is 1. The van der Waals surface area contributed by atoms with Crippen LogP contribution in [0.4, 0.5) is 5.69 Å². The quantitative estimate of drug-likeness (QED) is 0.480. The number of nitrogens with one attached hydrogen (secondary N) is 2. The van der Waals surface area contributed by atoms with Gasteiger partial charge in [-0.25, -0.2) is 0 Å². The molecule has 30 heavy (non-hydrogen) atoms. The van der Waals surface area contributed by atoms with E-state index in [1.165, 1.54) is 0 Å². The fourth-order valence-electron chi connectivity index (χ4n) is 3.84. The molecule has 4 heteroatoms. The van der Waals surface area contributed by atoms with Crippen molar-refractivity contribution in [2.45, 2.75) is 26.2 Å². The summed E-state index contributed by atoms with van der Waals surface area (Å²) in [6.07, 6.45) is 0.329. The number of carbonyl (C=O) groups is 1. The number of hydrogen-bond donors (Lipinski definition) is 2. The highest BCUT2D eigenvalue weighted by Gasteiger charge is 2.18. The van der Waals surface area contributed by atoms with Gasteiger partial charge in [-0.3, -0.25) is 9.59 Å². The van der Waals surface area contributed by atoms with Crippen LogP contribution >= 0.6 is 0 Å². The third-order valence-electron chi connectivity index (χ3n) is 5.65. The molecule has 0 radical (unpaired) electrons. The standard InChI is InChI=1S/C26H24N2O2/c1-17-18(2)26(30)28-24-15-21(13-14-22(17)24)27-25(29)16-23(19-9-5-3-6-10-19)20-11-7-4-8-12-20/h3-15,23H,16H2,1-2H3,(H,27,29)(H,28,30). The fourth-order valence-corrected chi connectivity index (χ4v) is 3.84. The molecule has 1 heterocycles. The highest BCUT2D eigenvalue weighted by atomic mass is 16.1. The number of fused-ring (bicyclic) bond motifs is 1. The maximum absolute atomic E-state index is 12.9. The topological polar surface area (TPSA) is 62.0 Å². The van der Waals surface area contributed by atoms with E-state index in [0.717, 1.165) is 27.6 Å². The van der Waals surface area contributed by atoms with Crippen molar-refractivity contribution in [2.75, 3.05) is 5.32 Å². The summed E-state index contributed by atoms with van der Waals surface area (Å²) in [4.78, 5) is 27.9. The van der Waals surface area contributed by atoms with Crippen molar-refractivity contribution in [3.63, 3.8) is 0 Å². The molecule has 0 unspecified atom stereocenters. The van der Waals surface area contributed by atoms with Crippen LogP contribution in [0.1, 0.15) is 34.6 Å². The Bertz CT molecular complexity index is 1210. The number of anilines is 1. The molecule has 0 aliphatic heterocycles. The van der Waals surface area contributed by atoms with Gasteiger partial charge in [0.25, 0.3) is 5.56 Å². The van der Waals surface area contributed by atoms with E-state index in [0.29, 0.717) is 17.7 Å². The molecule has 4 rings (SSSR count). The Morgan fingerprint density at radius 1 is 0.867 bits per heavy atom. The molecule has 4 aromatic rings. The lowest BCUT2D eigenvalue weighted by Gasteiger charge is -2.18. The number of carbonyl (C=O) groups excluding carboxylic acids is 1. The van der Waals surface area contributed by atoms with Crippen LogP contribution in [-0.2, 0) is 4.79 Å². The van der Waals surface area contributed by atoms with E-state index < -0.39 is 0 Å². The van der Waals surface area contributed by atoms with Gasteiger partial charge >= 0.3 is 0 Å². The average Bonchev–Trinajstić information content (AvgIpc) is 2.77. The molecule has 0 saturated carbocycles. The number of benzene rings is 3. The monoisotopic (exact) mass is 396 g/mol. The predicted molar refractivity (Wildman–Crippen MR) is 122 cm³/mol. The summed E-state index contributed by atoms with van der Waals surface area (Å²) in [5.74, 6) is -0.101. The third-order valence-corrected chi connectivity index (χ3v) is 5.65. The Labute approximate surface area is 175 Å². The van der Waals surface area contributed by atoms with Crippen LogP contribution in [0, 0.1) is 13.8 Å². The van der Waals surface area contributed by atoms with Crippen LogP contribution in [0.5, 0.6) is 0 Å². The zero-order valence-electron chi connectivity index (χ0n) is 17.1. The molecule has 3 aromatic carbocycles. The van der Waals surface area contributed by atoms with Gasteiger partial charge in [-0.15, -0.1) is 0 Å². The van der Waals surface area contributed by atoms with E-state index in [9.17, 15) is 9.59 Å². The van der Waals surface area contributed by atoms with Gasteiger partial charge in [0, 0.05) is 29.0 Å². The molecule has 0 fully saturated rings. The Morgan fingerprint density at radius 2 is 1.47 bits per heavy atom. The van der Waals surface area contributed by atoms with E-state index in [4.69, 9.17) is 0 Å². The smallest absolute Gasteiger partial charge is 0.251 e. The predicted octanol–water partition coefficient (Wildman–Crippen LogP) is 5.31. The van der Waals surface area contributed by atoms with Crippen molar-refractivity contribution in [2.24, 2.45) is 0 Å². The van der Waals surface area contributed by atoms with Crippen molar-refractivity contribution in [3.8, 4) is 0 Å². The van der Waals surface area contributed by atoms with Gasteiger partial charge in [-0.1, -0.05) is 66.7 Å². The fraction of sp³-hybridized carbons (Fsp3) is 0.154. The highest BCUT2D eigenvalue weighted by molar-refractivity contribution is 5.94. The second kappa shape index (κ2) is 8.37. The SMILES string of the molecule is Cc1c(C)c2ccc(NC(=O)CC(c3ccccc3)c3ccccc3)cc2[nH]c1=O. The van der Waals surface area contributed by atoms with Crippen molar-refractivity contribution >= 4 is 22.5 Å². The van der Waals surface area contributed by atoms with Gasteiger partial charge < -0.3 is 10.3 Å². The molecular weight excluding hydrogens is 372 g/mol. The molecule has 0 atom stereocenters. The van der Waals surface area contributed by atoms with Gasteiger partial charge in [0.1, 0.15) is 0 Å². The van der Waals surface area contributed by atoms with Crippen LogP contribution in [0.15, 0.2) is 83.7 Å². The summed E-state index contributed by atoms with van der Waals surface area (Å²) >= 11 is 0. The van der Waals surface area contributed by atoms with E-state index in [1.54, 1.807) is 0 Å². The summed E-state index contributed by atoms with van der Waals surface area (Å²) in [7, 11) is 0. The number of aromatic amines is 1. The second-order valence-electron chi connectivity index (χ2n) is 7.59. The average molecular weight is 396 g/mol. The molecule has 4 nitrogen and oxygen atoms in total. The zero-order chi connectivity index (χ0) is 21.1. The Hall–Kier alpha value is -3.66. The first-order chi connectivity index (χ1) is 14.5. The molecule has 0 aliphatic carbocycles. The molecule has 0 spiro atoms.